The molecule has 0 N–H and O–H groups in total. The maximum atomic E-state index is 11.9. The van der Waals surface area contributed by atoms with E-state index in [1.165, 1.54) is 0 Å². The van der Waals surface area contributed by atoms with Crippen molar-refractivity contribution in [1.82, 2.24) is 0 Å². The van der Waals surface area contributed by atoms with Gasteiger partial charge in [0.05, 0.1) is 6.42 Å². The predicted octanol–water partition coefficient (Wildman–Crippen LogP) is 1.91. The van der Waals surface area contributed by atoms with Crippen LogP contribution >= 0.6 is 0 Å². The van der Waals surface area contributed by atoms with Crippen LogP contribution in [0.1, 0.15) is 6.42 Å². The summed E-state index contributed by atoms with van der Waals surface area (Å²) in [5, 5.41) is 0. The van der Waals surface area contributed by atoms with E-state index >= 15 is 0 Å². The van der Waals surface area contributed by atoms with Gasteiger partial charge in [0.1, 0.15) is 12.3 Å². The van der Waals surface area contributed by atoms with E-state index in [-0.39, 0.29) is 6.42 Å². The molecule has 0 spiro atoms. The smallest absolute Gasteiger partial charge is 0.244 e. The van der Waals surface area contributed by atoms with E-state index in [9.17, 15) is 17.6 Å². The first-order valence-electron chi connectivity index (χ1n) is 2.53. The van der Waals surface area contributed by atoms with E-state index in [0.717, 1.165) is 0 Å². The van der Waals surface area contributed by atoms with Crippen molar-refractivity contribution in [3.63, 3.8) is 0 Å². The lowest BCUT2D eigenvalue weighted by Crippen LogP contribution is -2.10. The van der Waals surface area contributed by atoms with Crippen molar-refractivity contribution in [2.24, 2.45) is 0 Å². The molecule has 0 aromatic rings. The lowest BCUT2D eigenvalue weighted by Gasteiger charge is -2.02. The Hall–Kier alpha value is -0.280. The van der Waals surface area contributed by atoms with Gasteiger partial charge in [-0.15, -0.1) is 0 Å². The van der Waals surface area contributed by atoms with Crippen LogP contribution in [-0.2, 0) is 0 Å². The van der Waals surface area contributed by atoms with Gasteiger partial charge in [-0.3, -0.25) is 0 Å². The van der Waals surface area contributed by atoms with Gasteiger partial charge in [0.2, 0.25) is 0 Å². The van der Waals surface area contributed by atoms with Gasteiger partial charge in [0.15, 0.2) is 0 Å². The molecule has 53 valence electrons. The van der Waals surface area contributed by atoms with E-state index in [1.807, 2.05) is 0 Å². The quantitative estimate of drug-likeness (QED) is 0.452. The molecular formula is C5H5F4. The zero-order chi connectivity index (χ0) is 7.07. The number of rotatable bonds is 0. The highest BCUT2D eigenvalue weighted by Gasteiger charge is 2.47. The number of alkyl halides is 4. The van der Waals surface area contributed by atoms with Crippen molar-refractivity contribution in [3.8, 4) is 0 Å². The molecule has 1 aliphatic carbocycles. The first-order valence-corrected chi connectivity index (χ1v) is 2.53. The average molecular weight is 141 g/mol. The molecule has 9 heavy (non-hydrogen) atoms. The number of hydrogen-bond acceptors (Lipinski definition) is 0. The Labute approximate surface area is 49.9 Å². The van der Waals surface area contributed by atoms with Crippen molar-refractivity contribution in [2.75, 3.05) is 0 Å². The van der Waals surface area contributed by atoms with Crippen molar-refractivity contribution in [2.45, 2.75) is 24.7 Å². The van der Waals surface area contributed by atoms with Crippen LogP contribution < -0.4 is 0 Å². The third-order valence-electron chi connectivity index (χ3n) is 1.22. The van der Waals surface area contributed by atoms with E-state index in [2.05, 4.69) is 0 Å². The Bertz CT molecular complexity index is 99.5. The Morgan fingerprint density at radius 2 is 1.89 bits per heavy atom. The third-order valence-corrected chi connectivity index (χ3v) is 1.22. The molecule has 2 atom stereocenters. The van der Waals surface area contributed by atoms with Gasteiger partial charge in [0, 0.05) is 6.42 Å². The van der Waals surface area contributed by atoms with Crippen LogP contribution in [0.5, 0.6) is 0 Å². The Morgan fingerprint density at radius 3 is 2.00 bits per heavy atom. The summed E-state index contributed by atoms with van der Waals surface area (Å²) in [6.45, 7) is 0. The van der Waals surface area contributed by atoms with Crippen LogP contribution in [0, 0.1) is 6.42 Å². The average Bonchev–Trinajstić information content (AvgIpc) is 1.79. The fourth-order valence-corrected chi connectivity index (χ4v) is 0.778. The summed E-state index contributed by atoms with van der Waals surface area (Å²) in [6.07, 6.45) is -4.99. The first-order chi connectivity index (χ1) is 4.01. The molecule has 4 heteroatoms. The van der Waals surface area contributed by atoms with Gasteiger partial charge in [-0.1, -0.05) is 0 Å². The zero-order valence-electron chi connectivity index (χ0n) is 4.45. The molecule has 0 aromatic heterocycles. The summed E-state index contributed by atoms with van der Waals surface area (Å²) >= 11 is 0. The highest BCUT2D eigenvalue weighted by molar-refractivity contribution is 5.03. The van der Waals surface area contributed by atoms with Gasteiger partial charge in [-0.25, -0.2) is 17.6 Å². The molecule has 1 aliphatic rings. The maximum Gasteiger partial charge on any atom is 0.257 e. The predicted molar refractivity (Wildman–Crippen MR) is 23.7 cm³/mol. The summed E-state index contributed by atoms with van der Waals surface area (Å²) < 4.78 is 47.6. The number of halogens is 4. The maximum absolute atomic E-state index is 11.9. The second-order valence-corrected chi connectivity index (χ2v) is 2.09. The molecule has 0 aromatic carbocycles. The van der Waals surface area contributed by atoms with Crippen LogP contribution in [0.4, 0.5) is 17.6 Å². The summed E-state index contributed by atoms with van der Waals surface area (Å²) in [7, 11) is 0. The van der Waals surface area contributed by atoms with Gasteiger partial charge < -0.3 is 0 Å². The summed E-state index contributed by atoms with van der Waals surface area (Å²) in [6, 6.07) is 0. The third kappa shape index (κ3) is 1.34. The molecule has 2 unspecified atom stereocenters. The lowest BCUT2D eigenvalue weighted by atomic mass is 10.3. The van der Waals surface area contributed by atoms with Crippen molar-refractivity contribution in [3.05, 3.63) is 6.42 Å². The minimum absolute atomic E-state index is 0.109. The summed E-state index contributed by atoms with van der Waals surface area (Å²) in [4.78, 5) is 0. The van der Waals surface area contributed by atoms with Gasteiger partial charge in [-0.2, -0.15) is 0 Å². The van der Waals surface area contributed by atoms with Crippen molar-refractivity contribution >= 4 is 0 Å². The van der Waals surface area contributed by atoms with E-state index in [4.69, 9.17) is 0 Å². The minimum atomic E-state index is -3.24. The first kappa shape index (κ1) is 6.83. The Kier molecular flexibility index (Phi) is 1.41. The molecule has 0 nitrogen and oxygen atoms in total. The second kappa shape index (κ2) is 1.85. The molecule has 1 saturated carbocycles. The molecule has 0 heterocycles. The molecular weight excluding hydrogens is 136 g/mol. The van der Waals surface area contributed by atoms with Crippen molar-refractivity contribution in [1.29, 1.82) is 0 Å². The molecule has 1 fully saturated rings. The molecule has 1 rings (SSSR count). The molecule has 0 bridgehead atoms. The van der Waals surface area contributed by atoms with E-state index in [0.29, 0.717) is 0 Å². The second-order valence-electron chi connectivity index (χ2n) is 2.09. The fraction of sp³-hybridized carbons (Fsp3) is 0.800. The highest BCUT2D eigenvalue weighted by Crippen LogP contribution is 2.37. The Balaban J connectivity index is 2.54. The summed E-state index contributed by atoms with van der Waals surface area (Å²) in [5.41, 5.74) is 0. The van der Waals surface area contributed by atoms with Crippen LogP contribution in [0.15, 0.2) is 0 Å². The van der Waals surface area contributed by atoms with Crippen LogP contribution in [0.3, 0.4) is 0 Å². The SMILES string of the molecule is FC1[CH]C(F)(F)CC1F. The summed E-state index contributed by atoms with van der Waals surface area (Å²) in [5.74, 6) is -3.24. The standard InChI is InChI=1S/C5H5F4/c6-3-1-5(8,9)2-4(3)7/h1,3-4H,2H2. The molecule has 0 aliphatic heterocycles. The van der Waals surface area contributed by atoms with Crippen molar-refractivity contribution < 1.29 is 17.6 Å². The van der Waals surface area contributed by atoms with E-state index in [1.54, 1.807) is 0 Å². The van der Waals surface area contributed by atoms with Gasteiger partial charge in [0.25, 0.3) is 5.92 Å². The monoisotopic (exact) mass is 141 g/mol. The van der Waals surface area contributed by atoms with Crippen LogP contribution in [0.2, 0.25) is 0 Å². The van der Waals surface area contributed by atoms with E-state index < -0.39 is 24.7 Å². The lowest BCUT2D eigenvalue weighted by molar-refractivity contribution is 0.0348. The minimum Gasteiger partial charge on any atom is -0.244 e. The van der Waals surface area contributed by atoms with Crippen LogP contribution in [-0.4, -0.2) is 18.3 Å². The fourth-order valence-electron chi connectivity index (χ4n) is 0.778. The zero-order valence-corrected chi connectivity index (χ0v) is 4.45. The molecule has 0 saturated heterocycles. The van der Waals surface area contributed by atoms with Gasteiger partial charge in [-0.05, 0) is 0 Å². The topological polar surface area (TPSA) is 0 Å². The Morgan fingerprint density at radius 1 is 1.33 bits per heavy atom. The van der Waals surface area contributed by atoms with Crippen LogP contribution in [0.25, 0.3) is 0 Å². The normalized spacial score (nSPS) is 41.3. The van der Waals surface area contributed by atoms with Gasteiger partial charge >= 0.3 is 0 Å². The number of hydrogen-bond donors (Lipinski definition) is 0. The highest BCUT2D eigenvalue weighted by atomic mass is 19.3. The molecule has 1 radical (unpaired) electrons. The largest absolute Gasteiger partial charge is 0.257 e. The molecule has 0 amide bonds.